The molecule has 2 aromatic heterocycles. The maximum absolute atomic E-state index is 9.86. The lowest BCUT2D eigenvalue weighted by molar-refractivity contribution is 0.469. The lowest BCUT2D eigenvalue weighted by atomic mass is 10.2. The first-order valence-electron chi connectivity index (χ1n) is 6.26. The maximum Gasteiger partial charge on any atom is 0.178 e. The van der Waals surface area contributed by atoms with Crippen molar-refractivity contribution in [3.8, 4) is 11.6 Å². The number of pyridine rings is 1. The predicted octanol–water partition coefficient (Wildman–Crippen LogP) is 2.63. The van der Waals surface area contributed by atoms with Crippen LogP contribution in [0.3, 0.4) is 0 Å². The highest BCUT2D eigenvalue weighted by atomic mass is 35.5. The number of aromatic hydroxyl groups is 1. The van der Waals surface area contributed by atoms with Crippen LogP contribution in [0.2, 0.25) is 5.02 Å². The number of anilines is 1. The van der Waals surface area contributed by atoms with Crippen LogP contribution in [0.5, 0.6) is 5.75 Å². The van der Waals surface area contributed by atoms with Crippen LogP contribution in [0.15, 0.2) is 49.2 Å². The van der Waals surface area contributed by atoms with Gasteiger partial charge in [-0.05, 0) is 24.3 Å². The fourth-order valence-corrected chi connectivity index (χ4v) is 2.18. The molecule has 0 fully saturated rings. The Hall–Kier alpha value is -2.60. The maximum atomic E-state index is 9.86. The van der Waals surface area contributed by atoms with Gasteiger partial charge in [-0.25, -0.2) is 14.6 Å². The van der Waals surface area contributed by atoms with E-state index in [4.69, 9.17) is 11.6 Å². The molecular weight excluding hydrogens is 290 g/mol. The topological polar surface area (TPSA) is 75.9 Å². The number of hydrogen-bond acceptors (Lipinski definition) is 5. The summed E-state index contributed by atoms with van der Waals surface area (Å²) < 4.78 is 1.56. The van der Waals surface area contributed by atoms with Crippen molar-refractivity contribution < 1.29 is 5.11 Å². The average Bonchev–Trinajstić information content (AvgIpc) is 3.01. The molecule has 0 amide bonds. The number of rotatable bonds is 4. The van der Waals surface area contributed by atoms with Crippen LogP contribution in [0.25, 0.3) is 5.82 Å². The minimum atomic E-state index is 0.154. The van der Waals surface area contributed by atoms with Crippen molar-refractivity contribution in [1.29, 1.82) is 0 Å². The fourth-order valence-electron chi connectivity index (χ4n) is 1.94. The largest absolute Gasteiger partial charge is 0.508 e. The van der Waals surface area contributed by atoms with Gasteiger partial charge in [-0.1, -0.05) is 17.7 Å². The molecule has 0 unspecified atom stereocenters. The Bertz CT molecular complexity index is 725. The van der Waals surface area contributed by atoms with Gasteiger partial charge in [0.15, 0.2) is 5.82 Å². The molecule has 106 valence electrons. The summed E-state index contributed by atoms with van der Waals surface area (Å²) in [6, 6.07) is 8.73. The lowest BCUT2D eigenvalue weighted by Crippen LogP contribution is -2.07. The second kappa shape index (κ2) is 5.80. The highest BCUT2D eigenvalue weighted by Crippen LogP contribution is 2.26. The number of nitrogens with zero attached hydrogens (tertiary/aromatic N) is 4. The van der Waals surface area contributed by atoms with Gasteiger partial charge in [0.05, 0.1) is 5.69 Å². The minimum Gasteiger partial charge on any atom is -0.508 e. The normalized spacial score (nSPS) is 10.5. The number of halogens is 1. The standard InChI is InChI=1S/C14H12ClN5O/c15-11-3-1-5-13(21)10(11)7-18-12-4-2-6-17-14(12)20-9-16-8-19-20/h1-6,8-9,18,21H,7H2. The number of phenols is 1. The van der Waals surface area contributed by atoms with Crippen molar-refractivity contribution in [3.05, 3.63) is 59.8 Å². The molecule has 3 aromatic rings. The van der Waals surface area contributed by atoms with E-state index in [-0.39, 0.29) is 5.75 Å². The third-order valence-corrected chi connectivity index (χ3v) is 3.33. The molecule has 2 heterocycles. The van der Waals surface area contributed by atoms with Gasteiger partial charge in [0.2, 0.25) is 0 Å². The second-order valence-electron chi connectivity index (χ2n) is 4.31. The third kappa shape index (κ3) is 2.80. The Labute approximate surface area is 126 Å². The van der Waals surface area contributed by atoms with Crippen molar-refractivity contribution >= 4 is 17.3 Å². The number of nitrogens with one attached hydrogen (secondary N) is 1. The zero-order valence-corrected chi connectivity index (χ0v) is 11.7. The van der Waals surface area contributed by atoms with Crippen LogP contribution >= 0.6 is 11.6 Å². The van der Waals surface area contributed by atoms with Gasteiger partial charge in [0, 0.05) is 23.3 Å². The molecule has 0 aliphatic heterocycles. The summed E-state index contributed by atoms with van der Waals surface area (Å²) in [5.41, 5.74) is 1.40. The van der Waals surface area contributed by atoms with E-state index in [0.717, 1.165) is 5.69 Å². The van der Waals surface area contributed by atoms with Crippen LogP contribution in [-0.4, -0.2) is 24.9 Å². The van der Waals surface area contributed by atoms with Crippen LogP contribution < -0.4 is 5.32 Å². The van der Waals surface area contributed by atoms with Gasteiger partial charge in [0.25, 0.3) is 0 Å². The average molecular weight is 302 g/mol. The molecule has 0 saturated heterocycles. The van der Waals surface area contributed by atoms with E-state index in [1.54, 1.807) is 35.4 Å². The zero-order chi connectivity index (χ0) is 14.7. The molecule has 0 aliphatic carbocycles. The SMILES string of the molecule is Oc1cccc(Cl)c1CNc1cccnc1-n1cncn1. The fraction of sp³-hybridized carbons (Fsp3) is 0.0714. The lowest BCUT2D eigenvalue weighted by Gasteiger charge is -2.12. The highest BCUT2D eigenvalue weighted by molar-refractivity contribution is 6.31. The van der Waals surface area contributed by atoms with E-state index in [9.17, 15) is 5.11 Å². The summed E-state index contributed by atoms with van der Waals surface area (Å²) in [6.07, 6.45) is 4.69. The summed E-state index contributed by atoms with van der Waals surface area (Å²) in [7, 11) is 0. The Kier molecular flexibility index (Phi) is 3.70. The van der Waals surface area contributed by atoms with Gasteiger partial charge in [-0.2, -0.15) is 5.10 Å². The van der Waals surface area contributed by atoms with E-state index in [2.05, 4.69) is 20.4 Å². The van der Waals surface area contributed by atoms with Gasteiger partial charge < -0.3 is 10.4 Å². The first kappa shape index (κ1) is 13.4. The first-order chi connectivity index (χ1) is 10.3. The summed E-state index contributed by atoms with van der Waals surface area (Å²) in [5.74, 6) is 0.780. The highest BCUT2D eigenvalue weighted by Gasteiger charge is 2.09. The van der Waals surface area contributed by atoms with E-state index in [1.807, 2.05) is 12.1 Å². The van der Waals surface area contributed by atoms with Gasteiger partial charge in [-0.3, -0.25) is 0 Å². The van der Waals surface area contributed by atoms with Crippen LogP contribution in [0.4, 0.5) is 5.69 Å². The second-order valence-corrected chi connectivity index (χ2v) is 4.71. The molecule has 0 atom stereocenters. The molecule has 2 N–H and O–H groups in total. The van der Waals surface area contributed by atoms with Crippen molar-refractivity contribution in [1.82, 2.24) is 19.7 Å². The summed E-state index contributed by atoms with van der Waals surface area (Å²) in [6.45, 7) is 0.374. The Morgan fingerprint density at radius 1 is 1.24 bits per heavy atom. The van der Waals surface area contributed by atoms with Gasteiger partial charge >= 0.3 is 0 Å². The van der Waals surface area contributed by atoms with E-state index < -0.39 is 0 Å². The minimum absolute atomic E-state index is 0.154. The van der Waals surface area contributed by atoms with Crippen LogP contribution in [0.1, 0.15) is 5.56 Å². The quantitative estimate of drug-likeness (QED) is 0.775. The van der Waals surface area contributed by atoms with Crippen molar-refractivity contribution in [2.45, 2.75) is 6.54 Å². The molecule has 6 nitrogen and oxygen atoms in total. The molecule has 21 heavy (non-hydrogen) atoms. The molecular formula is C14H12ClN5O. The summed E-state index contributed by atoms with van der Waals surface area (Å²) in [4.78, 5) is 8.19. The summed E-state index contributed by atoms with van der Waals surface area (Å²) in [5, 5.41) is 17.6. The van der Waals surface area contributed by atoms with Crippen molar-refractivity contribution in [2.24, 2.45) is 0 Å². The van der Waals surface area contributed by atoms with Gasteiger partial charge in [0.1, 0.15) is 18.4 Å². The molecule has 0 radical (unpaired) electrons. The Balaban J connectivity index is 1.86. The van der Waals surface area contributed by atoms with E-state index >= 15 is 0 Å². The summed E-state index contributed by atoms with van der Waals surface area (Å²) >= 11 is 6.09. The van der Waals surface area contributed by atoms with Crippen LogP contribution in [-0.2, 0) is 6.54 Å². The van der Waals surface area contributed by atoms with E-state index in [0.29, 0.717) is 22.9 Å². The predicted molar refractivity (Wildman–Crippen MR) is 79.6 cm³/mol. The van der Waals surface area contributed by atoms with E-state index in [1.165, 1.54) is 6.33 Å². The molecule has 7 heteroatoms. The number of benzene rings is 1. The van der Waals surface area contributed by atoms with Gasteiger partial charge in [-0.15, -0.1) is 0 Å². The van der Waals surface area contributed by atoms with Crippen molar-refractivity contribution in [2.75, 3.05) is 5.32 Å². The molecule has 1 aromatic carbocycles. The molecule has 0 bridgehead atoms. The number of hydrogen-bond donors (Lipinski definition) is 2. The molecule has 0 aliphatic rings. The number of phenolic OH excluding ortho intramolecular Hbond substituents is 1. The van der Waals surface area contributed by atoms with Crippen LogP contribution in [0, 0.1) is 0 Å². The van der Waals surface area contributed by atoms with Crippen molar-refractivity contribution in [3.63, 3.8) is 0 Å². The zero-order valence-electron chi connectivity index (χ0n) is 10.9. The number of aromatic nitrogens is 4. The Morgan fingerprint density at radius 3 is 2.90 bits per heavy atom. The molecule has 0 spiro atoms. The first-order valence-corrected chi connectivity index (χ1v) is 6.64. The monoisotopic (exact) mass is 301 g/mol. The molecule has 3 rings (SSSR count). The smallest absolute Gasteiger partial charge is 0.178 e. The Morgan fingerprint density at radius 2 is 2.14 bits per heavy atom. The molecule has 0 saturated carbocycles. The third-order valence-electron chi connectivity index (χ3n) is 2.97.